The van der Waals surface area contributed by atoms with E-state index in [2.05, 4.69) is 34.0 Å². The van der Waals surface area contributed by atoms with E-state index < -0.39 is 0 Å². The van der Waals surface area contributed by atoms with Crippen LogP contribution in [-0.4, -0.2) is 16.8 Å². The molecule has 0 atom stereocenters. The van der Waals surface area contributed by atoms with Gasteiger partial charge in [-0.15, -0.1) is 0 Å². The first kappa shape index (κ1) is 11.7. The Morgan fingerprint density at radius 3 is 2.18 bits per heavy atom. The van der Waals surface area contributed by atoms with Gasteiger partial charge in [0.25, 0.3) is 0 Å². The molecule has 0 nitrogen and oxygen atoms in total. The van der Waals surface area contributed by atoms with Gasteiger partial charge in [-0.3, -0.25) is 0 Å². The van der Waals surface area contributed by atoms with Gasteiger partial charge in [0.2, 0.25) is 0 Å². The summed E-state index contributed by atoms with van der Waals surface area (Å²) in [6, 6.07) is 0. The molecule has 0 aromatic carbocycles. The fraction of sp³-hybridized carbons (Fsp3) is 0.889. The zero-order chi connectivity index (χ0) is 8.91. The Hall–Kier alpha value is 0.700. The molecule has 0 aromatic rings. The number of thioether (sulfide) groups is 2. The first-order chi connectivity index (χ1) is 4.95. The van der Waals surface area contributed by atoms with E-state index >= 15 is 0 Å². The van der Waals surface area contributed by atoms with Crippen molar-refractivity contribution in [1.82, 2.24) is 0 Å². The normalized spacial score (nSPS) is 12.5. The summed E-state index contributed by atoms with van der Waals surface area (Å²) in [7, 11) is 0. The zero-order valence-electron chi connectivity index (χ0n) is 8.23. The highest BCUT2D eigenvalue weighted by Gasteiger charge is 2.10. The van der Waals surface area contributed by atoms with Gasteiger partial charge >= 0.3 is 0 Å². The third kappa shape index (κ3) is 8.61. The molecule has 1 radical (unpaired) electrons. The fourth-order valence-corrected chi connectivity index (χ4v) is 2.06. The van der Waals surface area contributed by atoms with E-state index in [0.717, 1.165) is 0 Å². The van der Waals surface area contributed by atoms with Crippen LogP contribution in [0.15, 0.2) is 0 Å². The lowest BCUT2D eigenvalue weighted by atomic mass is 10.3. The Morgan fingerprint density at radius 2 is 1.82 bits per heavy atom. The number of rotatable bonds is 4. The van der Waals surface area contributed by atoms with Gasteiger partial charge in [0.1, 0.15) is 0 Å². The van der Waals surface area contributed by atoms with Crippen LogP contribution in [0.1, 0.15) is 34.1 Å². The summed E-state index contributed by atoms with van der Waals surface area (Å²) in [5, 5.41) is 1.54. The van der Waals surface area contributed by atoms with E-state index in [1.165, 1.54) is 12.2 Å². The van der Waals surface area contributed by atoms with Gasteiger partial charge in [0, 0.05) is 10.00 Å². The minimum Gasteiger partial charge on any atom is -0.157 e. The van der Waals surface area contributed by atoms with Crippen molar-refractivity contribution in [2.45, 2.75) is 38.9 Å². The van der Waals surface area contributed by atoms with Crippen LogP contribution < -0.4 is 0 Å². The minimum absolute atomic E-state index is 0.429. The van der Waals surface area contributed by atoms with Gasteiger partial charge in [-0.25, -0.2) is 0 Å². The molecule has 0 heterocycles. The largest absolute Gasteiger partial charge is 0.157 e. The van der Waals surface area contributed by atoms with Gasteiger partial charge in [-0.2, -0.15) is 23.5 Å². The van der Waals surface area contributed by atoms with Crippen molar-refractivity contribution in [3.8, 4) is 0 Å². The Kier molecular flexibility index (Phi) is 5.71. The van der Waals surface area contributed by atoms with Gasteiger partial charge in [0.05, 0.1) is 0 Å². The summed E-state index contributed by atoms with van der Waals surface area (Å²) in [6.45, 7) is 9.03. The van der Waals surface area contributed by atoms with E-state index in [1.807, 2.05) is 23.5 Å². The first-order valence-corrected chi connectivity index (χ1v) is 6.17. The van der Waals surface area contributed by atoms with Crippen LogP contribution in [0.3, 0.4) is 0 Å². The van der Waals surface area contributed by atoms with Crippen LogP contribution in [0.25, 0.3) is 0 Å². The average Bonchev–Trinajstić information content (AvgIpc) is 1.85. The van der Waals surface area contributed by atoms with Gasteiger partial charge in [-0.05, 0) is 25.4 Å². The van der Waals surface area contributed by atoms with Crippen molar-refractivity contribution in [2.24, 2.45) is 0 Å². The Labute approximate surface area is 79.9 Å². The van der Waals surface area contributed by atoms with E-state index in [4.69, 9.17) is 0 Å². The molecule has 0 N–H and O–H groups in total. The van der Waals surface area contributed by atoms with Crippen molar-refractivity contribution in [1.29, 1.82) is 0 Å². The maximum atomic E-state index is 2.27. The predicted molar refractivity (Wildman–Crippen MR) is 59.3 cm³/mol. The van der Waals surface area contributed by atoms with Gasteiger partial charge < -0.3 is 0 Å². The highest BCUT2D eigenvalue weighted by molar-refractivity contribution is 8.02. The Bertz CT molecular complexity index is 94.2. The van der Waals surface area contributed by atoms with Gasteiger partial charge in [0.15, 0.2) is 0 Å². The predicted octanol–water partition coefficient (Wildman–Crippen LogP) is 3.82. The molecule has 0 aliphatic rings. The quantitative estimate of drug-likeness (QED) is 0.662. The molecular weight excluding hydrogens is 172 g/mol. The SMILES string of the molecule is CS[C](C)CCSC(C)(C)C. The summed E-state index contributed by atoms with van der Waals surface area (Å²) < 4.78 is 0.429. The topological polar surface area (TPSA) is 0 Å². The van der Waals surface area contributed by atoms with Crippen molar-refractivity contribution >= 4 is 23.5 Å². The lowest BCUT2D eigenvalue weighted by Gasteiger charge is -2.18. The molecule has 0 spiro atoms. The maximum absolute atomic E-state index is 2.27. The molecule has 0 amide bonds. The zero-order valence-corrected chi connectivity index (χ0v) is 9.86. The Morgan fingerprint density at radius 1 is 1.27 bits per heavy atom. The third-order valence-corrected chi connectivity index (χ3v) is 3.51. The van der Waals surface area contributed by atoms with Crippen LogP contribution in [0.5, 0.6) is 0 Å². The molecule has 0 bridgehead atoms. The van der Waals surface area contributed by atoms with Crippen LogP contribution in [0.2, 0.25) is 0 Å². The minimum atomic E-state index is 0.429. The van der Waals surface area contributed by atoms with Crippen molar-refractivity contribution in [2.75, 3.05) is 12.0 Å². The summed E-state index contributed by atoms with van der Waals surface area (Å²) in [4.78, 5) is 0. The number of hydrogen-bond donors (Lipinski definition) is 0. The van der Waals surface area contributed by atoms with Gasteiger partial charge in [-0.1, -0.05) is 20.8 Å². The molecule has 0 saturated heterocycles. The summed E-state index contributed by atoms with van der Waals surface area (Å²) in [5.74, 6) is 1.26. The van der Waals surface area contributed by atoms with Crippen LogP contribution in [0.4, 0.5) is 0 Å². The van der Waals surface area contributed by atoms with Crippen LogP contribution in [-0.2, 0) is 0 Å². The second-order valence-electron chi connectivity index (χ2n) is 3.62. The van der Waals surface area contributed by atoms with Crippen molar-refractivity contribution in [3.63, 3.8) is 0 Å². The molecule has 11 heavy (non-hydrogen) atoms. The van der Waals surface area contributed by atoms with Crippen LogP contribution in [0, 0.1) is 5.25 Å². The van der Waals surface area contributed by atoms with E-state index in [-0.39, 0.29) is 0 Å². The average molecular weight is 191 g/mol. The monoisotopic (exact) mass is 191 g/mol. The molecular formula is C9H19S2. The molecule has 0 aliphatic heterocycles. The summed E-state index contributed by atoms with van der Waals surface area (Å²) >= 11 is 3.92. The maximum Gasteiger partial charge on any atom is 0.0281 e. The van der Waals surface area contributed by atoms with E-state index in [1.54, 1.807) is 5.25 Å². The second kappa shape index (κ2) is 5.36. The van der Waals surface area contributed by atoms with E-state index in [9.17, 15) is 0 Å². The highest BCUT2D eigenvalue weighted by atomic mass is 32.2. The molecule has 0 aromatic heterocycles. The smallest absolute Gasteiger partial charge is 0.0281 e. The molecule has 0 saturated carbocycles. The summed E-state index contributed by atoms with van der Waals surface area (Å²) in [5.41, 5.74) is 0. The molecule has 0 aliphatic carbocycles. The first-order valence-electron chi connectivity index (χ1n) is 3.96. The summed E-state index contributed by atoms with van der Waals surface area (Å²) in [6.07, 6.45) is 3.40. The molecule has 2 heteroatoms. The molecule has 0 rings (SSSR count). The third-order valence-electron chi connectivity index (χ3n) is 1.34. The molecule has 0 fully saturated rings. The standard InChI is InChI=1S/C9H19S2/c1-8(10-5)6-7-11-9(2,3)4/h6-7H2,1-5H3. The lowest BCUT2D eigenvalue weighted by Crippen LogP contribution is -2.08. The molecule has 67 valence electrons. The number of hydrogen-bond acceptors (Lipinski definition) is 2. The second-order valence-corrected chi connectivity index (χ2v) is 6.64. The molecule has 0 unspecified atom stereocenters. The van der Waals surface area contributed by atoms with Crippen molar-refractivity contribution in [3.05, 3.63) is 5.25 Å². The Balaban J connectivity index is 3.28. The van der Waals surface area contributed by atoms with Crippen LogP contribution >= 0.6 is 23.5 Å². The van der Waals surface area contributed by atoms with Crippen molar-refractivity contribution < 1.29 is 0 Å². The van der Waals surface area contributed by atoms with E-state index in [0.29, 0.717) is 4.75 Å². The lowest BCUT2D eigenvalue weighted by molar-refractivity contribution is 0.800. The highest BCUT2D eigenvalue weighted by Crippen LogP contribution is 2.27. The fourth-order valence-electron chi connectivity index (χ4n) is 0.603.